The molecule has 26 heavy (non-hydrogen) atoms. The fourth-order valence-corrected chi connectivity index (χ4v) is 2.55. The Morgan fingerprint density at radius 1 is 1.08 bits per heavy atom. The second-order valence-electron chi connectivity index (χ2n) is 7.84. The topological polar surface area (TPSA) is 70.3 Å². The molecule has 2 rings (SSSR count). The molecule has 2 aromatic rings. The van der Waals surface area contributed by atoms with Crippen molar-refractivity contribution in [3.05, 3.63) is 41.7 Å². The van der Waals surface area contributed by atoms with E-state index in [2.05, 4.69) is 43.7 Å². The molecule has 0 spiro atoms. The normalized spacial score (nSPS) is 11.8. The molecule has 2 heterocycles. The molecule has 0 fully saturated rings. The summed E-state index contributed by atoms with van der Waals surface area (Å²) in [7, 11) is 0. The number of pyridine rings is 2. The van der Waals surface area contributed by atoms with Crippen molar-refractivity contribution in [2.75, 3.05) is 12.3 Å². The Labute approximate surface area is 157 Å². The third-order valence-electron chi connectivity index (χ3n) is 4.43. The number of hydrogen-bond acceptors (Lipinski definition) is 5. The Bertz CT molecular complexity index is 710. The number of hydrogen-bond donors (Lipinski definition) is 1. The highest BCUT2D eigenvalue weighted by Crippen LogP contribution is 2.31. The lowest BCUT2D eigenvalue weighted by Crippen LogP contribution is -2.22. The van der Waals surface area contributed by atoms with Crippen LogP contribution in [0.3, 0.4) is 0 Å². The van der Waals surface area contributed by atoms with E-state index >= 15 is 0 Å². The molecule has 5 nitrogen and oxygen atoms in total. The Balaban J connectivity index is 1.99. The van der Waals surface area contributed by atoms with Gasteiger partial charge >= 0.3 is 0 Å². The lowest BCUT2D eigenvalue weighted by atomic mass is 9.82. The van der Waals surface area contributed by atoms with Crippen LogP contribution in [0.15, 0.2) is 30.6 Å². The number of nitrogens with two attached hydrogens (primary N) is 1. The van der Waals surface area contributed by atoms with Crippen LogP contribution in [0.1, 0.15) is 65.0 Å². The Morgan fingerprint density at radius 2 is 1.81 bits per heavy atom. The van der Waals surface area contributed by atoms with Crippen LogP contribution in [-0.4, -0.2) is 22.7 Å². The standard InChI is InChI=1S/C21H31N3O2/c1-14(2)16-7-8-19(23-12-16)25-10-9-21(5,6)17-11-18(26-15(3)4)20(22)24-13-17/h7-8,11-15H,9-10H2,1-6H3,(H2,22,24). The first-order valence-corrected chi connectivity index (χ1v) is 9.20. The highest BCUT2D eigenvalue weighted by atomic mass is 16.5. The van der Waals surface area contributed by atoms with Gasteiger partial charge in [-0.1, -0.05) is 33.8 Å². The summed E-state index contributed by atoms with van der Waals surface area (Å²) in [6.45, 7) is 13.2. The SMILES string of the molecule is CC(C)Oc1cc(C(C)(C)CCOc2ccc(C(C)C)cn2)cnc1N. The first kappa shape index (κ1) is 20.0. The summed E-state index contributed by atoms with van der Waals surface area (Å²) in [4.78, 5) is 8.67. The van der Waals surface area contributed by atoms with Crippen molar-refractivity contribution >= 4 is 5.82 Å². The maximum Gasteiger partial charge on any atom is 0.213 e. The number of ether oxygens (including phenoxy) is 2. The smallest absolute Gasteiger partial charge is 0.213 e. The zero-order chi connectivity index (χ0) is 19.3. The highest BCUT2D eigenvalue weighted by molar-refractivity contribution is 5.48. The Morgan fingerprint density at radius 3 is 2.38 bits per heavy atom. The molecule has 0 aromatic carbocycles. The van der Waals surface area contributed by atoms with E-state index < -0.39 is 0 Å². The van der Waals surface area contributed by atoms with Crippen LogP contribution < -0.4 is 15.2 Å². The largest absolute Gasteiger partial charge is 0.487 e. The van der Waals surface area contributed by atoms with Gasteiger partial charge in [0.05, 0.1) is 12.7 Å². The number of nitrogen functional groups attached to an aromatic ring is 1. The minimum Gasteiger partial charge on any atom is -0.487 e. The van der Waals surface area contributed by atoms with E-state index in [1.54, 1.807) is 0 Å². The summed E-state index contributed by atoms with van der Waals surface area (Å²) in [6, 6.07) is 5.98. The number of anilines is 1. The van der Waals surface area contributed by atoms with Gasteiger partial charge in [0.2, 0.25) is 5.88 Å². The predicted molar refractivity (Wildman–Crippen MR) is 106 cm³/mol. The molecule has 0 bridgehead atoms. The molecular weight excluding hydrogens is 326 g/mol. The van der Waals surface area contributed by atoms with Crippen molar-refractivity contribution in [1.82, 2.24) is 9.97 Å². The average molecular weight is 357 g/mol. The lowest BCUT2D eigenvalue weighted by molar-refractivity contribution is 0.241. The van der Waals surface area contributed by atoms with E-state index in [0.717, 1.165) is 12.0 Å². The van der Waals surface area contributed by atoms with Gasteiger partial charge in [-0.3, -0.25) is 0 Å². The first-order chi connectivity index (χ1) is 12.2. The zero-order valence-electron chi connectivity index (χ0n) is 16.7. The van der Waals surface area contributed by atoms with Gasteiger partial charge in [-0.15, -0.1) is 0 Å². The van der Waals surface area contributed by atoms with E-state index in [-0.39, 0.29) is 11.5 Å². The van der Waals surface area contributed by atoms with Gasteiger partial charge in [0.15, 0.2) is 11.6 Å². The van der Waals surface area contributed by atoms with Crippen molar-refractivity contribution in [3.63, 3.8) is 0 Å². The van der Waals surface area contributed by atoms with Gasteiger partial charge < -0.3 is 15.2 Å². The van der Waals surface area contributed by atoms with Crippen molar-refractivity contribution in [1.29, 1.82) is 0 Å². The third kappa shape index (κ3) is 5.35. The maximum absolute atomic E-state index is 5.92. The summed E-state index contributed by atoms with van der Waals surface area (Å²) < 4.78 is 11.6. The Hall–Kier alpha value is -2.30. The third-order valence-corrected chi connectivity index (χ3v) is 4.43. The molecular formula is C21H31N3O2. The van der Waals surface area contributed by atoms with Crippen LogP contribution in [0.5, 0.6) is 11.6 Å². The number of aromatic nitrogens is 2. The predicted octanol–water partition coefficient (Wildman–Crippen LogP) is 4.72. The number of nitrogens with zero attached hydrogens (tertiary/aromatic N) is 2. The minimum atomic E-state index is -0.117. The van der Waals surface area contributed by atoms with Crippen molar-refractivity contribution in [2.45, 2.75) is 65.4 Å². The monoisotopic (exact) mass is 357 g/mol. The Kier molecular flexibility index (Phi) is 6.46. The summed E-state index contributed by atoms with van der Waals surface area (Å²) in [5.41, 5.74) is 8.09. The molecule has 0 amide bonds. The molecule has 2 aromatic heterocycles. The quantitative estimate of drug-likeness (QED) is 0.740. The van der Waals surface area contributed by atoms with Crippen molar-refractivity contribution in [3.8, 4) is 11.6 Å². The van der Waals surface area contributed by atoms with Crippen molar-refractivity contribution < 1.29 is 9.47 Å². The van der Waals surface area contributed by atoms with Crippen LogP contribution in [0.2, 0.25) is 0 Å². The molecule has 0 unspecified atom stereocenters. The fourth-order valence-electron chi connectivity index (χ4n) is 2.55. The molecule has 2 N–H and O–H groups in total. The van der Waals surface area contributed by atoms with Gasteiger partial charge in [-0.2, -0.15) is 0 Å². The van der Waals surface area contributed by atoms with Crippen LogP contribution >= 0.6 is 0 Å². The molecule has 0 aliphatic carbocycles. The lowest BCUT2D eigenvalue weighted by Gasteiger charge is -2.26. The maximum atomic E-state index is 5.92. The zero-order valence-corrected chi connectivity index (χ0v) is 16.7. The molecule has 142 valence electrons. The fraction of sp³-hybridized carbons (Fsp3) is 0.524. The van der Waals surface area contributed by atoms with Crippen molar-refractivity contribution in [2.24, 2.45) is 0 Å². The van der Waals surface area contributed by atoms with Crippen LogP contribution in [-0.2, 0) is 5.41 Å². The minimum absolute atomic E-state index is 0.0562. The second kappa shape index (κ2) is 8.39. The summed E-state index contributed by atoms with van der Waals surface area (Å²) in [5.74, 6) is 2.18. The molecule has 0 saturated carbocycles. The van der Waals surface area contributed by atoms with Gasteiger partial charge in [-0.25, -0.2) is 9.97 Å². The number of rotatable bonds is 8. The van der Waals surface area contributed by atoms with E-state index in [9.17, 15) is 0 Å². The van der Waals surface area contributed by atoms with E-state index in [1.165, 1.54) is 5.56 Å². The molecule has 0 saturated heterocycles. The first-order valence-electron chi connectivity index (χ1n) is 9.20. The molecule has 5 heteroatoms. The van der Waals surface area contributed by atoms with E-state index in [4.69, 9.17) is 15.2 Å². The summed E-state index contributed by atoms with van der Waals surface area (Å²) >= 11 is 0. The molecule has 0 aliphatic heterocycles. The summed E-state index contributed by atoms with van der Waals surface area (Å²) in [6.07, 6.45) is 4.58. The average Bonchev–Trinajstić information content (AvgIpc) is 2.56. The van der Waals surface area contributed by atoms with Crippen LogP contribution in [0.25, 0.3) is 0 Å². The molecule has 0 radical (unpaired) electrons. The second-order valence-corrected chi connectivity index (χ2v) is 7.84. The highest BCUT2D eigenvalue weighted by Gasteiger charge is 2.23. The molecule has 0 atom stereocenters. The van der Waals surface area contributed by atoms with E-state index in [0.29, 0.717) is 30.0 Å². The van der Waals surface area contributed by atoms with Gasteiger partial charge in [0.1, 0.15) is 0 Å². The molecule has 0 aliphatic rings. The van der Waals surface area contributed by atoms with Gasteiger partial charge in [0.25, 0.3) is 0 Å². The van der Waals surface area contributed by atoms with Crippen LogP contribution in [0, 0.1) is 0 Å². The summed E-state index contributed by atoms with van der Waals surface area (Å²) in [5, 5.41) is 0. The van der Waals surface area contributed by atoms with Gasteiger partial charge in [-0.05, 0) is 48.8 Å². The van der Waals surface area contributed by atoms with Crippen LogP contribution in [0.4, 0.5) is 5.82 Å². The van der Waals surface area contributed by atoms with E-state index in [1.807, 2.05) is 38.4 Å². The van der Waals surface area contributed by atoms with Gasteiger partial charge in [0, 0.05) is 18.5 Å².